The SMILES string of the molecule is C#CCNC(=NCc1ccc(OC(F)F)c(OCC)c1)NCC. The highest BCUT2D eigenvalue weighted by molar-refractivity contribution is 5.80. The summed E-state index contributed by atoms with van der Waals surface area (Å²) in [6, 6.07) is 4.74. The fourth-order valence-corrected chi connectivity index (χ4v) is 1.76. The molecule has 0 bridgehead atoms. The molecule has 0 atom stereocenters. The number of nitrogens with one attached hydrogen (secondary N) is 2. The first-order chi connectivity index (χ1) is 11.1. The molecule has 0 heterocycles. The van der Waals surface area contributed by atoms with Gasteiger partial charge in [-0.15, -0.1) is 6.42 Å². The smallest absolute Gasteiger partial charge is 0.387 e. The number of rotatable bonds is 8. The standard InChI is InChI=1S/C16H21F2N3O2/c1-4-9-20-16(19-5-2)21-11-12-7-8-13(23-15(17)18)14(10-12)22-6-3/h1,7-8,10,15H,5-6,9,11H2,2-3H3,(H2,19,20,21). The van der Waals surface area contributed by atoms with E-state index in [2.05, 4.69) is 26.3 Å². The number of hydrogen-bond donors (Lipinski definition) is 2. The number of halogens is 2. The lowest BCUT2D eigenvalue weighted by molar-refractivity contribution is -0.0514. The average Bonchev–Trinajstić information content (AvgIpc) is 2.52. The molecule has 0 unspecified atom stereocenters. The Morgan fingerprint density at radius 1 is 1.30 bits per heavy atom. The van der Waals surface area contributed by atoms with Crippen LogP contribution >= 0.6 is 0 Å². The van der Waals surface area contributed by atoms with Crippen LogP contribution in [0.3, 0.4) is 0 Å². The van der Waals surface area contributed by atoms with Gasteiger partial charge >= 0.3 is 6.61 Å². The van der Waals surface area contributed by atoms with Crippen LogP contribution in [-0.2, 0) is 6.54 Å². The van der Waals surface area contributed by atoms with Crippen molar-refractivity contribution in [1.29, 1.82) is 0 Å². The molecule has 1 rings (SSSR count). The zero-order valence-corrected chi connectivity index (χ0v) is 13.2. The van der Waals surface area contributed by atoms with Crippen molar-refractivity contribution < 1.29 is 18.3 Å². The fraction of sp³-hybridized carbons (Fsp3) is 0.438. The normalized spacial score (nSPS) is 11.0. The van der Waals surface area contributed by atoms with Crippen LogP contribution < -0.4 is 20.1 Å². The summed E-state index contributed by atoms with van der Waals surface area (Å²) in [5.74, 6) is 3.32. The first-order valence-corrected chi connectivity index (χ1v) is 7.26. The van der Waals surface area contributed by atoms with Gasteiger partial charge in [0.15, 0.2) is 17.5 Å². The second-order valence-corrected chi connectivity index (χ2v) is 4.35. The van der Waals surface area contributed by atoms with Crippen LogP contribution in [0.5, 0.6) is 11.5 Å². The Bertz CT molecular complexity index is 557. The predicted octanol–water partition coefficient (Wildman–Crippen LogP) is 2.38. The number of ether oxygens (including phenoxy) is 2. The summed E-state index contributed by atoms with van der Waals surface area (Å²) >= 11 is 0. The maximum Gasteiger partial charge on any atom is 0.387 e. The van der Waals surface area contributed by atoms with Crippen molar-refractivity contribution in [3.8, 4) is 23.8 Å². The van der Waals surface area contributed by atoms with E-state index in [-0.39, 0.29) is 11.5 Å². The van der Waals surface area contributed by atoms with Crippen LogP contribution in [-0.4, -0.2) is 32.3 Å². The molecule has 0 aliphatic rings. The number of guanidine groups is 1. The van der Waals surface area contributed by atoms with Crippen LogP contribution in [0.25, 0.3) is 0 Å². The summed E-state index contributed by atoms with van der Waals surface area (Å²) < 4.78 is 34.5. The zero-order chi connectivity index (χ0) is 17.1. The Hall–Kier alpha value is -2.49. The lowest BCUT2D eigenvalue weighted by atomic mass is 10.2. The molecule has 5 nitrogen and oxygen atoms in total. The minimum Gasteiger partial charge on any atom is -0.490 e. The first kappa shape index (κ1) is 18.6. The highest BCUT2D eigenvalue weighted by atomic mass is 19.3. The molecule has 0 aliphatic heterocycles. The van der Waals surface area contributed by atoms with Crippen molar-refractivity contribution in [3.63, 3.8) is 0 Å². The molecule has 1 aromatic rings. The molecular weight excluding hydrogens is 304 g/mol. The fourth-order valence-electron chi connectivity index (χ4n) is 1.76. The van der Waals surface area contributed by atoms with Gasteiger partial charge in [0.25, 0.3) is 0 Å². The molecule has 0 aliphatic carbocycles. The van der Waals surface area contributed by atoms with E-state index in [0.29, 0.717) is 32.2 Å². The van der Waals surface area contributed by atoms with E-state index in [0.717, 1.165) is 5.56 Å². The van der Waals surface area contributed by atoms with Crippen molar-refractivity contribution in [3.05, 3.63) is 23.8 Å². The summed E-state index contributed by atoms with van der Waals surface area (Å²) in [6.45, 7) is 2.55. The third-order valence-electron chi connectivity index (χ3n) is 2.65. The van der Waals surface area contributed by atoms with Gasteiger partial charge in [0.1, 0.15) is 0 Å². The van der Waals surface area contributed by atoms with Gasteiger partial charge in [0, 0.05) is 6.54 Å². The molecule has 0 radical (unpaired) electrons. The third kappa shape index (κ3) is 6.87. The summed E-state index contributed by atoms with van der Waals surface area (Å²) in [4.78, 5) is 4.37. The zero-order valence-electron chi connectivity index (χ0n) is 13.2. The lowest BCUT2D eigenvalue weighted by Crippen LogP contribution is -2.37. The van der Waals surface area contributed by atoms with Gasteiger partial charge in [-0.3, -0.25) is 0 Å². The number of terminal acetylenes is 1. The average molecular weight is 325 g/mol. The Labute approximate surface area is 135 Å². The minimum atomic E-state index is -2.90. The van der Waals surface area contributed by atoms with E-state index in [1.165, 1.54) is 6.07 Å². The largest absolute Gasteiger partial charge is 0.490 e. The summed E-state index contributed by atoms with van der Waals surface area (Å²) in [7, 11) is 0. The van der Waals surface area contributed by atoms with Gasteiger partial charge < -0.3 is 20.1 Å². The number of hydrogen-bond acceptors (Lipinski definition) is 3. The number of nitrogens with zero attached hydrogens (tertiary/aromatic N) is 1. The third-order valence-corrected chi connectivity index (χ3v) is 2.65. The molecule has 23 heavy (non-hydrogen) atoms. The molecule has 2 N–H and O–H groups in total. The Morgan fingerprint density at radius 2 is 2.09 bits per heavy atom. The quantitative estimate of drug-likeness (QED) is 0.438. The van der Waals surface area contributed by atoms with Gasteiger partial charge in [-0.05, 0) is 31.5 Å². The van der Waals surface area contributed by atoms with Crippen LogP contribution in [0.2, 0.25) is 0 Å². The van der Waals surface area contributed by atoms with Crippen LogP contribution in [0.15, 0.2) is 23.2 Å². The molecular formula is C16H21F2N3O2. The van der Waals surface area contributed by atoms with Gasteiger partial charge in [0.2, 0.25) is 0 Å². The van der Waals surface area contributed by atoms with Crippen LogP contribution in [0, 0.1) is 12.3 Å². The highest BCUT2D eigenvalue weighted by Gasteiger charge is 2.11. The van der Waals surface area contributed by atoms with E-state index >= 15 is 0 Å². The molecule has 0 saturated carbocycles. The molecule has 0 fully saturated rings. The second-order valence-electron chi connectivity index (χ2n) is 4.35. The minimum absolute atomic E-state index is 0.00643. The molecule has 0 saturated heterocycles. The molecule has 1 aromatic carbocycles. The van der Waals surface area contributed by atoms with Crippen LogP contribution in [0.1, 0.15) is 19.4 Å². The van der Waals surface area contributed by atoms with Crippen LogP contribution in [0.4, 0.5) is 8.78 Å². The highest BCUT2D eigenvalue weighted by Crippen LogP contribution is 2.30. The summed E-state index contributed by atoms with van der Waals surface area (Å²) in [6.07, 6.45) is 5.20. The molecule has 7 heteroatoms. The predicted molar refractivity (Wildman–Crippen MR) is 85.9 cm³/mol. The second kappa shape index (κ2) is 10.3. The number of alkyl halides is 2. The van der Waals surface area contributed by atoms with Gasteiger partial charge in [-0.1, -0.05) is 12.0 Å². The van der Waals surface area contributed by atoms with Gasteiger partial charge in [-0.2, -0.15) is 8.78 Å². The van der Waals surface area contributed by atoms with Crippen molar-refractivity contribution >= 4 is 5.96 Å². The first-order valence-electron chi connectivity index (χ1n) is 7.26. The lowest BCUT2D eigenvalue weighted by Gasteiger charge is -2.13. The maximum absolute atomic E-state index is 12.4. The Kier molecular flexibility index (Phi) is 8.29. The molecule has 126 valence electrons. The van der Waals surface area contributed by atoms with Crippen molar-refractivity contribution in [2.45, 2.75) is 27.0 Å². The summed E-state index contributed by atoms with van der Waals surface area (Å²) in [5.41, 5.74) is 0.799. The maximum atomic E-state index is 12.4. The summed E-state index contributed by atoms with van der Waals surface area (Å²) in [5, 5.41) is 6.02. The molecule has 0 aromatic heterocycles. The van der Waals surface area contributed by atoms with E-state index < -0.39 is 6.61 Å². The van der Waals surface area contributed by atoms with E-state index in [1.807, 2.05) is 6.92 Å². The Morgan fingerprint density at radius 3 is 2.70 bits per heavy atom. The van der Waals surface area contributed by atoms with Crippen molar-refractivity contribution in [2.75, 3.05) is 19.7 Å². The molecule has 0 spiro atoms. The van der Waals surface area contributed by atoms with E-state index in [1.54, 1.807) is 19.1 Å². The van der Waals surface area contributed by atoms with E-state index in [4.69, 9.17) is 11.2 Å². The van der Waals surface area contributed by atoms with Gasteiger partial charge in [0.05, 0.1) is 19.7 Å². The van der Waals surface area contributed by atoms with E-state index in [9.17, 15) is 8.78 Å². The monoisotopic (exact) mass is 325 g/mol. The van der Waals surface area contributed by atoms with Gasteiger partial charge in [-0.25, -0.2) is 4.99 Å². The topological polar surface area (TPSA) is 54.9 Å². The van der Waals surface area contributed by atoms with Crippen molar-refractivity contribution in [1.82, 2.24) is 10.6 Å². The van der Waals surface area contributed by atoms with Crippen molar-refractivity contribution in [2.24, 2.45) is 4.99 Å². The Balaban J connectivity index is 2.86. The number of benzene rings is 1. The number of aliphatic imine (C=N–C) groups is 1. The molecule has 0 amide bonds.